The minimum Gasteiger partial charge on any atom is -0.506 e. The van der Waals surface area contributed by atoms with E-state index in [4.69, 9.17) is 10.5 Å². The molecule has 2 rings (SSSR count). The minimum absolute atomic E-state index is 0.0578. The van der Waals surface area contributed by atoms with E-state index in [0.717, 1.165) is 23.1 Å². The van der Waals surface area contributed by atoms with Gasteiger partial charge < -0.3 is 15.6 Å². The van der Waals surface area contributed by atoms with Gasteiger partial charge in [0, 0.05) is 6.07 Å². The van der Waals surface area contributed by atoms with E-state index >= 15 is 0 Å². The fourth-order valence-electron chi connectivity index (χ4n) is 2.03. The molecule has 122 valence electrons. The molecule has 3 N–H and O–H groups in total. The molecule has 0 atom stereocenters. The first-order chi connectivity index (χ1) is 10.7. The number of primary amides is 1. The van der Waals surface area contributed by atoms with Crippen molar-refractivity contribution in [1.82, 2.24) is 0 Å². The minimum atomic E-state index is -4.57. The van der Waals surface area contributed by atoms with E-state index in [9.17, 15) is 23.1 Å². The largest absolute Gasteiger partial charge is 0.506 e. The van der Waals surface area contributed by atoms with Crippen molar-refractivity contribution in [2.24, 2.45) is 5.73 Å². The van der Waals surface area contributed by atoms with E-state index in [1.165, 1.54) is 31.4 Å². The molecule has 0 unspecified atom stereocenters. The number of urea groups is 1. The summed E-state index contributed by atoms with van der Waals surface area (Å²) in [6.07, 6.45) is -4.57. The number of hydrogen-bond donors (Lipinski definition) is 2. The summed E-state index contributed by atoms with van der Waals surface area (Å²) in [5.74, 6) is -0.0414. The Morgan fingerprint density at radius 3 is 2.43 bits per heavy atom. The number of carbonyl (C=O) groups excluding carboxylic acids is 1. The summed E-state index contributed by atoms with van der Waals surface area (Å²) in [5.41, 5.74) is 4.15. The van der Waals surface area contributed by atoms with Crippen molar-refractivity contribution in [3.8, 4) is 11.5 Å². The molecule has 5 nitrogen and oxygen atoms in total. The average molecular weight is 326 g/mol. The SMILES string of the molecule is COc1ccc(N(C(N)=O)c2cccc(C(F)(F)F)c2)c(O)c1. The Bertz CT molecular complexity index is 732. The summed E-state index contributed by atoms with van der Waals surface area (Å²) in [6, 6.07) is 7.02. The Kier molecular flexibility index (Phi) is 4.35. The number of hydrogen-bond acceptors (Lipinski definition) is 3. The number of methoxy groups -OCH3 is 1. The molecular formula is C15H13F3N2O3. The molecule has 23 heavy (non-hydrogen) atoms. The summed E-state index contributed by atoms with van der Waals surface area (Å²) >= 11 is 0. The van der Waals surface area contributed by atoms with Gasteiger partial charge in [0.05, 0.1) is 24.0 Å². The van der Waals surface area contributed by atoms with Crippen LogP contribution in [0.3, 0.4) is 0 Å². The van der Waals surface area contributed by atoms with Crippen LogP contribution in [0.5, 0.6) is 11.5 Å². The topological polar surface area (TPSA) is 75.8 Å². The fraction of sp³-hybridized carbons (Fsp3) is 0.133. The molecule has 2 amide bonds. The Labute approximate surface area is 129 Å². The maximum absolute atomic E-state index is 12.8. The predicted molar refractivity (Wildman–Crippen MR) is 77.8 cm³/mol. The number of alkyl halides is 3. The fourth-order valence-corrected chi connectivity index (χ4v) is 2.03. The normalized spacial score (nSPS) is 11.1. The van der Waals surface area contributed by atoms with Gasteiger partial charge in [-0.1, -0.05) is 6.07 Å². The number of benzene rings is 2. The van der Waals surface area contributed by atoms with Gasteiger partial charge in [-0.15, -0.1) is 0 Å². The highest BCUT2D eigenvalue weighted by Crippen LogP contribution is 2.38. The van der Waals surface area contributed by atoms with Gasteiger partial charge in [-0.3, -0.25) is 4.90 Å². The lowest BCUT2D eigenvalue weighted by atomic mass is 10.1. The lowest BCUT2D eigenvalue weighted by Gasteiger charge is -2.22. The molecule has 0 aromatic heterocycles. The van der Waals surface area contributed by atoms with Crippen molar-refractivity contribution in [2.75, 3.05) is 12.0 Å². The van der Waals surface area contributed by atoms with Crippen molar-refractivity contribution in [3.05, 3.63) is 48.0 Å². The Balaban J connectivity index is 2.54. The number of halogens is 3. The van der Waals surface area contributed by atoms with Gasteiger partial charge in [-0.25, -0.2) is 4.79 Å². The van der Waals surface area contributed by atoms with E-state index in [1.54, 1.807) is 0 Å². The molecule has 0 spiro atoms. The highest BCUT2D eigenvalue weighted by atomic mass is 19.4. The zero-order chi connectivity index (χ0) is 17.2. The maximum Gasteiger partial charge on any atom is 0.416 e. The summed E-state index contributed by atoms with van der Waals surface area (Å²) < 4.78 is 43.4. The monoisotopic (exact) mass is 326 g/mol. The molecule has 0 bridgehead atoms. The van der Waals surface area contributed by atoms with Crippen LogP contribution in [0.1, 0.15) is 5.56 Å². The van der Waals surface area contributed by atoms with Crippen molar-refractivity contribution in [3.63, 3.8) is 0 Å². The van der Waals surface area contributed by atoms with Crippen molar-refractivity contribution < 1.29 is 27.8 Å². The zero-order valence-electron chi connectivity index (χ0n) is 12.0. The van der Waals surface area contributed by atoms with Crippen molar-refractivity contribution >= 4 is 17.4 Å². The predicted octanol–water partition coefficient (Wildman–Crippen LogP) is 3.64. The van der Waals surface area contributed by atoms with Crippen LogP contribution in [-0.2, 0) is 6.18 Å². The number of rotatable bonds is 3. The van der Waals surface area contributed by atoms with E-state index < -0.39 is 17.8 Å². The van der Waals surface area contributed by atoms with Gasteiger partial charge in [-0.2, -0.15) is 13.2 Å². The lowest BCUT2D eigenvalue weighted by Crippen LogP contribution is -2.31. The number of anilines is 2. The lowest BCUT2D eigenvalue weighted by molar-refractivity contribution is -0.137. The second kappa shape index (κ2) is 6.07. The molecule has 8 heteroatoms. The van der Waals surface area contributed by atoms with E-state index in [0.29, 0.717) is 5.75 Å². The number of aromatic hydroxyl groups is 1. The Morgan fingerprint density at radius 2 is 1.91 bits per heavy atom. The average Bonchev–Trinajstić information content (AvgIpc) is 2.48. The first-order valence-corrected chi connectivity index (χ1v) is 6.38. The van der Waals surface area contributed by atoms with Gasteiger partial charge in [0.15, 0.2) is 0 Å². The Morgan fingerprint density at radius 1 is 1.22 bits per heavy atom. The van der Waals surface area contributed by atoms with E-state index in [1.807, 2.05) is 0 Å². The summed E-state index contributed by atoms with van der Waals surface area (Å²) in [5, 5.41) is 9.98. The number of amides is 2. The van der Waals surface area contributed by atoms with Crippen LogP contribution in [-0.4, -0.2) is 18.2 Å². The third-order valence-corrected chi connectivity index (χ3v) is 3.08. The summed E-state index contributed by atoms with van der Waals surface area (Å²) in [7, 11) is 1.38. The molecule has 0 aliphatic rings. The molecule has 0 saturated heterocycles. The Hall–Kier alpha value is -2.90. The van der Waals surface area contributed by atoms with Crippen molar-refractivity contribution in [1.29, 1.82) is 0 Å². The van der Waals surface area contributed by atoms with Gasteiger partial charge >= 0.3 is 12.2 Å². The van der Waals surface area contributed by atoms with Gasteiger partial charge in [0.1, 0.15) is 11.5 Å². The standard InChI is InChI=1S/C15H13F3N2O3/c1-23-11-5-6-12(13(21)8-11)20(14(19)22)10-4-2-3-9(7-10)15(16,17)18/h2-8,21H,1H3,(H2,19,22). The van der Waals surface area contributed by atoms with Crippen LogP contribution >= 0.6 is 0 Å². The molecule has 2 aromatic rings. The zero-order valence-corrected chi connectivity index (χ0v) is 12.0. The maximum atomic E-state index is 12.8. The van der Waals surface area contributed by atoms with E-state index in [2.05, 4.69) is 0 Å². The van der Waals surface area contributed by atoms with Crippen LogP contribution < -0.4 is 15.4 Å². The third kappa shape index (κ3) is 3.47. The quantitative estimate of drug-likeness (QED) is 0.904. The number of ether oxygens (including phenoxy) is 1. The highest BCUT2D eigenvalue weighted by molar-refractivity contribution is 6.00. The second-order valence-corrected chi connectivity index (χ2v) is 4.58. The molecular weight excluding hydrogens is 313 g/mol. The van der Waals surface area contributed by atoms with Crippen LogP contribution in [0.4, 0.5) is 29.3 Å². The number of carbonyl (C=O) groups is 1. The molecule has 2 aromatic carbocycles. The first-order valence-electron chi connectivity index (χ1n) is 6.38. The van der Waals surface area contributed by atoms with E-state index in [-0.39, 0.29) is 17.1 Å². The van der Waals surface area contributed by atoms with Crippen LogP contribution in [0.25, 0.3) is 0 Å². The number of nitrogens with two attached hydrogens (primary N) is 1. The summed E-state index contributed by atoms with van der Waals surface area (Å²) in [4.78, 5) is 12.5. The van der Waals surface area contributed by atoms with Crippen molar-refractivity contribution in [2.45, 2.75) is 6.18 Å². The third-order valence-electron chi connectivity index (χ3n) is 3.08. The first kappa shape index (κ1) is 16.5. The van der Waals surface area contributed by atoms with Gasteiger partial charge in [0.25, 0.3) is 0 Å². The van der Waals surface area contributed by atoms with Crippen LogP contribution in [0.15, 0.2) is 42.5 Å². The number of nitrogens with zero attached hydrogens (tertiary/aromatic N) is 1. The number of phenolic OH excluding ortho intramolecular Hbond substituents is 1. The highest BCUT2D eigenvalue weighted by Gasteiger charge is 2.31. The number of phenols is 1. The molecule has 0 fully saturated rings. The van der Waals surface area contributed by atoms with Gasteiger partial charge in [-0.05, 0) is 30.3 Å². The van der Waals surface area contributed by atoms with Crippen LogP contribution in [0, 0.1) is 0 Å². The van der Waals surface area contributed by atoms with Gasteiger partial charge in [0.2, 0.25) is 0 Å². The molecule has 0 heterocycles. The molecule has 0 aliphatic carbocycles. The molecule has 0 saturated carbocycles. The van der Waals surface area contributed by atoms with Crippen LogP contribution in [0.2, 0.25) is 0 Å². The second-order valence-electron chi connectivity index (χ2n) is 4.58. The molecule has 0 radical (unpaired) electrons. The smallest absolute Gasteiger partial charge is 0.416 e. The molecule has 0 aliphatic heterocycles. The summed E-state index contributed by atoms with van der Waals surface area (Å²) in [6.45, 7) is 0.